The van der Waals surface area contributed by atoms with E-state index >= 15 is 0 Å². The Kier molecular flexibility index (Phi) is 5.49. The van der Waals surface area contributed by atoms with Crippen molar-refractivity contribution in [2.45, 2.75) is 46.8 Å². The van der Waals surface area contributed by atoms with Gasteiger partial charge in [0, 0.05) is 11.0 Å². The number of ether oxygens (including phenoxy) is 1. The van der Waals surface area contributed by atoms with Gasteiger partial charge in [-0.25, -0.2) is 0 Å². The second kappa shape index (κ2) is 6.97. The number of benzene rings is 1. The third-order valence-corrected chi connectivity index (χ3v) is 4.94. The van der Waals surface area contributed by atoms with Crippen LogP contribution < -0.4 is 4.74 Å². The summed E-state index contributed by atoms with van der Waals surface area (Å²) in [5.74, 6) is 1.35. The van der Waals surface area contributed by atoms with Gasteiger partial charge in [-0.15, -0.1) is 0 Å². The Balaban J connectivity index is 2.25. The fourth-order valence-corrected chi connectivity index (χ4v) is 3.03. The van der Waals surface area contributed by atoms with Gasteiger partial charge in [-0.05, 0) is 59.5 Å². The Bertz CT molecular complexity index is 635. The summed E-state index contributed by atoms with van der Waals surface area (Å²) >= 11 is 7.12. The minimum absolute atomic E-state index is 0.416. The first kappa shape index (κ1) is 16.6. The van der Waals surface area contributed by atoms with E-state index in [0.29, 0.717) is 12.5 Å². The second-order valence-electron chi connectivity index (χ2n) is 5.29. The zero-order valence-corrected chi connectivity index (χ0v) is 16.0. The molecular formula is C16H20Br2N2O. The van der Waals surface area contributed by atoms with Gasteiger partial charge in [-0.2, -0.15) is 5.10 Å². The quantitative estimate of drug-likeness (QED) is 0.650. The minimum Gasteiger partial charge on any atom is -0.487 e. The van der Waals surface area contributed by atoms with Crippen LogP contribution in [0.4, 0.5) is 0 Å². The summed E-state index contributed by atoms with van der Waals surface area (Å²) in [5, 5.41) is 4.49. The molecule has 1 heterocycles. The van der Waals surface area contributed by atoms with E-state index in [1.54, 1.807) is 0 Å². The van der Waals surface area contributed by atoms with Gasteiger partial charge in [0.2, 0.25) is 0 Å². The standard InChI is InChI=1S/C16H20Br2N2O/c1-5-20-14(16(18)11(4)19-20)9-21-15-7-6-12(17)8-13(15)10(2)3/h6-8,10H,5,9H2,1-4H3. The fourth-order valence-electron chi connectivity index (χ4n) is 2.25. The largest absolute Gasteiger partial charge is 0.487 e. The highest BCUT2D eigenvalue weighted by Gasteiger charge is 2.14. The van der Waals surface area contributed by atoms with Gasteiger partial charge >= 0.3 is 0 Å². The van der Waals surface area contributed by atoms with E-state index in [1.165, 1.54) is 5.56 Å². The van der Waals surface area contributed by atoms with E-state index in [2.05, 4.69) is 63.8 Å². The minimum atomic E-state index is 0.416. The van der Waals surface area contributed by atoms with E-state index in [4.69, 9.17) is 4.74 Å². The molecule has 0 amide bonds. The molecule has 5 heteroatoms. The molecule has 2 aromatic rings. The van der Waals surface area contributed by atoms with E-state index in [9.17, 15) is 0 Å². The van der Waals surface area contributed by atoms with Gasteiger partial charge in [0.25, 0.3) is 0 Å². The van der Waals surface area contributed by atoms with Crippen LogP contribution in [0.15, 0.2) is 27.1 Å². The zero-order valence-electron chi connectivity index (χ0n) is 12.8. The maximum absolute atomic E-state index is 6.06. The van der Waals surface area contributed by atoms with Crippen LogP contribution in [-0.4, -0.2) is 9.78 Å². The summed E-state index contributed by atoms with van der Waals surface area (Å²) < 4.78 is 10.2. The van der Waals surface area contributed by atoms with Gasteiger partial charge in [-0.1, -0.05) is 29.8 Å². The second-order valence-corrected chi connectivity index (χ2v) is 7.00. The van der Waals surface area contributed by atoms with Crippen LogP contribution in [0.5, 0.6) is 5.75 Å². The van der Waals surface area contributed by atoms with Gasteiger partial charge in [0.1, 0.15) is 12.4 Å². The number of rotatable bonds is 5. The monoisotopic (exact) mass is 414 g/mol. The van der Waals surface area contributed by atoms with Gasteiger partial charge in [0.05, 0.1) is 15.9 Å². The SMILES string of the molecule is CCn1nc(C)c(Br)c1COc1ccc(Br)cc1C(C)C. The zero-order chi connectivity index (χ0) is 15.6. The van der Waals surface area contributed by atoms with Gasteiger partial charge < -0.3 is 4.74 Å². The van der Waals surface area contributed by atoms with Crippen molar-refractivity contribution in [3.8, 4) is 5.75 Å². The van der Waals surface area contributed by atoms with Crippen molar-refractivity contribution in [2.75, 3.05) is 0 Å². The molecular weight excluding hydrogens is 396 g/mol. The van der Waals surface area contributed by atoms with Crippen molar-refractivity contribution in [1.82, 2.24) is 9.78 Å². The molecule has 0 fully saturated rings. The molecule has 0 saturated carbocycles. The van der Waals surface area contributed by atoms with E-state index < -0.39 is 0 Å². The van der Waals surface area contributed by atoms with Gasteiger partial charge in [0.15, 0.2) is 0 Å². The van der Waals surface area contributed by atoms with Crippen molar-refractivity contribution >= 4 is 31.9 Å². The molecule has 3 nitrogen and oxygen atoms in total. The highest BCUT2D eigenvalue weighted by molar-refractivity contribution is 9.10. The Morgan fingerprint density at radius 3 is 2.62 bits per heavy atom. The third-order valence-electron chi connectivity index (χ3n) is 3.41. The molecule has 2 rings (SSSR count). The topological polar surface area (TPSA) is 27.1 Å². The molecule has 0 aliphatic rings. The molecule has 0 bridgehead atoms. The number of hydrogen-bond donors (Lipinski definition) is 0. The normalized spacial score (nSPS) is 11.2. The molecule has 114 valence electrons. The number of hydrogen-bond acceptors (Lipinski definition) is 2. The first-order valence-corrected chi connectivity index (χ1v) is 8.66. The maximum atomic E-state index is 6.06. The summed E-state index contributed by atoms with van der Waals surface area (Å²) in [7, 11) is 0. The highest BCUT2D eigenvalue weighted by Crippen LogP contribution is 2.31. The number of aromatic nitrogens is 2. The van der Waals surface area contributed by atoms with Crippen molar-refractivity contribution in [3.63, 3.8) is 0 Å². The average molecular weight is 416 g/mol. The molecule has 0 unspecified atom stereocenters. The lowest BCUT2D eigenvalue weighted by atomic mass is 10.0. The molecule has 0 saturated heterocycles. The lowest BCUT2D eigenvalue weighted by Crippen LogP contribution is -2.07. The molecule has 0 aliphatic carbocycles. The van der Waals surface area contributed by atoms with E-state index in [-0.39, 0.29) is 0 Å². The van der Waals surface area contributed by atoms with Crippen LogP contribution in [0.3, 0.4) is 0 Å². The molecule has 0 radical (unpaired) electrons. The first-order chi connectivity index (χ1) is 9.93. The van der Waals surface area contributed by atoms with Crippen molar-refractivity contribution in [2.24, 2.45) is 0 Å². The number of halogens is 2. The number of nitrogens with zero attached hydrogens (tertiary/aromatic N) is 2. The lowest BCUT2D eigenvalue weighted by molar-refractivity contribution is 0.287. The maximum Gasteiger partial charge on any atom is 0.131 e. The Morgan fingerprint density at radius 1 is 1.29 bits per heavy atom. The molecule has 1 aromatic heterocycles. The molecule has 0 aliphatic heterocycles. The Morgan fingerprint density at radius 2 is 2.00 bits per heavy atom. The molecule has 0 N–H and O–H groups in total. The molecule has 21 heavy (non-hydrogen) atoms. The summed E-state index contributed by atoms with van der Waals surface area (Å²) in [4.78, 5) is 0. The van der Waals surface area contributed by atoms with Crippen molar-refractivity contribution < 1.29 is 4.74 Å². The number of aryl methyl sites for hydroxylation is 2. The first-order valence-electron chi connectivity index (χ1n) is 7.08. The average Bonchev–Trinajstić information content (AvgIpc) is 2.72. The van der Waals surface area contributed by atoms with Gasteiger partial charge in [-0.3, -0.25) is 4.68 Å². The molecule has 0 atom stereocenters. The Labute approximate surface area is 142 Å². The van der Waals surface area contributed by atoms with Crippen molar-refractivity contribution in [1.29, 1.82) is 0 Å². The summed E-state index contributed by atoms with van der Waals surface area (Å²) in [5.41, 5.74) is 3.28. The summed E-state index contributed by atoms with van der Waals surface area (Å²) in [6.07, 6.45) is 0. The van der Waals surface area contributed by atoms with E-state index in [0.717, 1.165) is 32.6 Å². The van der Waals surface area contributed by atoms with Crippen molar-refractivity contribution in [3.05, 3.63) is 44.1 Å². The molecule has 0 spiro atoms. The predicted octanol–water partition coefficient (Wildman–Crippen LogP) is 5.44. The van der Waals surface area contributed by atoms with Crippen LogP contribution in [0.2, 0.25) is 0 Å². The Hall–Kier alpha value is -0.810. The van der Waals surface area contributed by atoms with Crippen LogP contribution in [-0.2, 0) is 13.2 Å². The van der Waals surface area contributed by atoms with Crippen LogP contribution in [0, 0.1) is 6.92 Å². The highest BCUT2D eigenvalue weighted by atomic mass is 79.9. The third kappa shape index (κ3) is 3.69. The smallest absolute Gasteiger partial charge is 0.131 e. The van der Waals surface area contributed by atoms with E-state index in [1.807, 2.05) is 23.7 Å². The summed E-state index contributed by atoms with van der Waals surface area (Å²) in [6, 6.07) is 6.16. The fraction of sp³-hybridized carbons (Fsp3) is 0.438. The summed E-state index contributed by atoms with van der Waals surface area (Å²) in [6.45, 7) is 9.77. The lowest BCUT2D eigenvalue weighted by Gasteiger charge is -2.15. The van der Waals surface area contributed by atoms with Crippen LogP contribution in [0.25, 0.3) is 0 Å². The van der Waals surface area contributed by atoms with Crippen LogP contribution >= 0.6 is 31.9 Å². The predicted molar refractivity (Wildman–Crippen MR) is 92.9 cm³/mol. The van der Waals surface area contributed by atoms with Crippen LogP contribution in [0.1, 0.15) is 43.6 Å². The molecule has 1 aromatic carbocycles.